The van der Waals surface area contributed by atoms with Crippen molar-refractivity contribution in [2.24, 2.45) is 0 Å². The maximum Gasteiger partial charge on any atom is 0.308 e. The molecule has 2 heterocycles. The minimum Gasteiger partial charge on any atom is -0.490 e. The van der Waals surface area contributed by atoms with Crippen LogP contribution < -0.4 is 24.3 Å². The SMILES string of the molecule is CCCCOc1ccc(/C=c2/sc3nc(-c4ccccc4OC(C)=O)nn3c2=O)cc1OCC. The number of rotatable bonds is 9. The van der Waals surface area contributed by atoms with Gasteiger partial charge in [-0.25, -0.2) is 0 Å². The fourth-order valence-electron chi connectivity index (χ4n) is 3.32. The Balaban J connectivity index is 1.68. The average Bonchev–Trinajstić information content (AvgIpc) is 3.35. The maximum atomic E-state index is 13.0. The molecule has 9 heteroatoms. The topological polar surface area (TPSA) is 92.0 Å². The molecule has 176 valence electrons. The third kappa shape index (κ3) is 5.09. The second-order valence-corrected chi connectivity index (χ2v) is 8.49. The third-order valence-corrected chi connectivity index (χ3v) is 5.84. The van der Waals surface area contributed by atoms with Gasteiger partial charge in [-0.05, 0) is 49.2 Å². The molecule has 0 aliphatic rings. The lowest BCUT2D eigenvalue weighted by atomic mass is 10.2. The minimum absolute atomic E-state index is 0.273. The largest absolute Gasteiger partial charge is 0.490 e. The van der Waals surface area contributed by atoms with Gasteiger partial charge in [0.1, 0.15) is 5.75 Å². The molecule has 0 fully saturated rings. The van der Waals surface area contributed by atoms with Gasteiger partial charge in [0.2, 0.25) is 4.96 Å². The van der Waals surface area contributed by atoms with Gasteiger partial charge in [0.15, 0.2) is 17.3 Å². The molecule has 0 N–H and O–H groups in total. The smallest absolute Gasteiger partial charge is 0.308 e. The van der Waals surface area contributed by atoms with E-state index in [1.165, 1.54) is 22.8 Å². The van der Waals surface area contributed by atoms with E-state index in [0.717, 1.165) is 18.4 Å². The van der Waals surface area contributed by atoms with Gasteiger partial charge >= 0.3 is 5.97 Å². The van der Waals surface area contributed by atoms with Crippen molar-refractivity contribution in [2.75, 3.05) is 13.2 Å². The number of ether oxygens (including phenoxy) is 3. The number of hydrogen-bond acceptors (Lipinski definition) is 8. The fraction of sp³-hybridized carbons (Fsp3) is 0.280. The summed E-state index contributed by atoms with van der Waals surface area (Å²) in [5, 5.41) is 4.36. The summed E-state index contributed by atoms with van der Waals surface area (Å²) < 4.78 is 18.6. The molecule has 0 unspecified atom stereocenters. The van der Waals surface area contributed by atoms with E-state index in [0.29, 0.717) is 51.3 Å². The zero-order valence-electron chi connectivity index (χ0n) is 19.2. The van der Waals surface area contributed by atoms with E-state index in [9.17, 15) is 9.59 Å². The number of thiazole rings is 1. The highest BCUT2D eigenvalue weighted by molar-refractivity contribution is 7.15. The highest BCUT2D eigenvalue weighted by Crippen LogP contribution is 2.30. The predicted octanol–water partition coefficient (Wildman–Crippen LogP) is 3.87. The average molecular weight is 480 g/mol. The molecule has 4 aromatic rings. The van der Waals surface area contributed by atoms with Crippen molar-refractivity contribution < 1.29 is 19.0 Å². The molecule has 0 saturated carbocycles. The Morgan fingerprint density at radius 1 is 1.09 bits per heavy atom. The molecule has 0 atom stereocenters. The number of benzene rings is 2. The highest BCUT2D eigenvalue weighted by Gasteiger charge is 2.16. The van der Waals surface area contributed by atoms with Crippen LogP contribution in [0.4, 0.5) is 0 Å². The molecule has 2 aromatic heterocycles. The van der Waals surface area contributed by atoms with Gasteiger partial charge in [-0.1, -0.05) is 42.9 Å². The van der Waals surface area contributed by atoms with Crippen molar-refractivity contribution in [1.82, 2.24) is 14.6 Å². The van der Waals surface area contributed by atoms with E-state index in [2.05, 4.69) is 17.0 Å². The number of carbonyl (C=O) groups is 1. The van der Waals surface area contributed by atoms with Gasteiger partial charge in [-0.15, -0.1) is 5.10 Å². The van der Waals surface area contributed by atoms with Crippen molar-refractivity contribution in [3.05, 3.63) is 62.9 Å². The van der Waals surface area contributed by atoms with Crippen LogP contribution in [-0.2, 0) is 4.79 Å². The summed E-state index contributed by atoms with van der Waals surface area (Å²) in [5.41, 5.74) is 1.08. The lowest BCUT2D eigenvalue weighted by molar-refractivity contribution is -0.131. The highest BCUT2D eigenvalue weighted by atomic mass is 32.1. The van der Waals surface area contributed by atoms with E-state index in [1.54, 1.807) is 30.3 Å². The second-order valence-electron chi connectivity index (χ2n) is 7.48. The van der Waals surface area contributed by atoms with Crippen LogP contribution in [-0.4, -0.2) is 33.8 Å². The molecular formula is C25H25N3O5S. The molecule has 0 aliphatic carbocycles. The molecular weight excluding hydrogens is 454 g/mol. The second kappa shape index (κ2) is 10.5. The molecule has 0 radical (unpaired) electrons. The Morgan fingerprint density at radius 3 is 2.65 bits per heavy atom. The van der Waals surface area contributed by atoms with Gasteiger partial charge in [0.05, 0.1) is 23.3 Å². The minimum atomic E-state index is -0.442. The quantitative estimate of drug-likeness (QED) is 0.204. The summed E-state index contributed by atoms with van der Waals surface area (Å²) in [6, 6.07) is 12.6. The van der Waals surface area contributed by atoms with Crippen LogP contribution in [0, 0.1) is 0 Å². The first kappa shape index (κ1) is 23.4. The van der Waals surface area contributed by atoms with Crippen LogP contribution in [0.25, 0.3) is 22.4 Å². The summed E-state index contributed by atoms with van der Waals surface area (Å²) in [5.74, 6) is 1.55. The lowest BCUT2D eigenvalue weighted by Gasteiger charge is -2.12. The van der Waals surface area contributed by atoms with Crippen LogP contribution in [0.1, 0.15) is 39.2 Å². The predicted molar refractivity (Wildman–Crippen MR) is 131 cm³/mol. The molecule has 4 rings (SSSR count). The molecule has 0 saturated heterocycles. The van der Waals surface area contributed by atoms with Crippen LogP contribution in [0.2, 0.25) is 0 Å². The monoisotopic (exact) mass is 479 g/mol. The molecule has 0 amide bonds. The number of para-hydroxylation sites is 1. The van der Waals surface area contributed by atoms with E-state index < -0.39 is 5.97 Å². The van der Waals surface area contributed by atoms with E-state index in [1.807, 2.05) is 25.1 Å². The fourth-order valence-corrected chi connectivity index (χ4v) is 4.23. The number of aromatic nitrogens is 3. The summed E-state index contributed by atoms with van der Waals surface area (Å²) in [4.78, 5) is 29.3. The first-order valence-corrected chi connectivity index (χ1v) is 11.9. The van der Waals surface area contributed by atoms with E-state index in [4.69, 9.17) is 14.2 Å². The summed E-state index contributed by atoms with van der Waals surface area (Å²) in [6.07, 6.45) is 3.80. The number of fused-ring (bicyclic) bond motifs is 1. The van der Waals surface area contributed by atoms with Crippen LogP contribution >= 0.6 is 11.3 Å². The molecule has 0 bridgehead atoms. The summed E-state index contributed by atoms with van der Waals surface area (Å²) in [7, 11) is 0. The van der Waals surface area contributed by atoms with E-state index in [-0.39, 0.29) is 5.56 Å². The van der Waals surface area contributed by atoms with Gasteiger partial charge < -0.3 is 14.2 Å². The zero-order valence-corrected chi connectivity index (χ0v) is 20.1. The first-order chi connectivity index (χ1) is 16.5. The molecule has 8 nitrogen and oxygen atoms in total. The summed E-state index contributed by atoms with van der Waals surface area (Å²) in [6.45, 7) is 6.49. The number of unbranched alkanes of at least 4 members (excludes halogenated alkanes) is 1. The third-order valence-electron chi connectivity index (χ3n) is 4.88. The summed E-state index contributed by atoms with van der Waals surface area (Å²) >= 11 is 1.24. The van der Waals surface area contributed by atoms with E-state index >= 15 is 0 Å². The molecule has 0 aliphatic heterocycles. The standard InChI is InChI=1S/C25H25N3O5S/c1-4-6-13-32-20-12-11-17(14-21(20)31-5-2)15-22-24(30)28-25(34-22)26-23(27-28)18-9-7-8-10-19(18)33-16(3)29/h7-12,14-15H,4-6,13H2,1-3H3/b22-15+. The molecule has 34 heavy (non-hydrogen) atoms. The Morgan fingerprint density at radius 2 is 1.91 bits per heavy atom. The Bertz CT molecular complexity index is 1430. The number of hydrogen-bond donors (Lipinski definition) is 0. The van der Waals surface area contributed by atoms with Gasteiger partial charge in [-0.2, -0.15) is 9.50 Å². The lowest BCUT2D eigenvalue weighted by Crippen LogP contribution is -2.23. The van der Waals surface area contributed by atoms with Crippen molar-refractivity contribution in [3.63, 3.8) is 0 Å². The van der Waals surface area contributed by atoms with Gasteiger partial charge in [0.25, 0.3) is 5.56 Å². The van der Waals surface area contributed by atoms with Crippen molar-refractivity contribution in [2.45, 2.75) is 33.6 Å². The Hall–Kier alpha value is -3.72. The van der Waals surface area contributed by atoms with Crippen molar-refractivity contribution in [3.8, 4) is 28.6 Å². The molecule has 2 aromatic carbocycles. The maximum absolute atomic E-state index is 13.0. The van der Waals surface area contributed by atoms with Crippen LogP contribution in [0.3, 0.4) is 0 Å². The normalized spacial score (nSPS) is 11.7. The van der Waals surface area contributed by atoms with Gasteiger partial charge in [0, 0.05) is 6.92 Å². The Labute approximate surface area is 200 Å². The Kier molecular flexibility index (Phi) is 7.22. The number of esters is 1. The zero-order chi connectivity index (χ0) is 24.1. The van der Waals surface area contributed by atoms with Crippen LogP contribution in [0.5, 0.6) is 17.2 Å². The molecule has 0 spiro atoms. The number of nitrogens with zero attached hydrogens (tertiary/aromatic N) is 3. The van der Waals surface area contributed by atoms with Crippen molar-refractivity contribution in [1.29, 1.82) is 0 Å². The van der Waals surface area contributed by atoms with Crippen LogP contribution in [0.15, 0.2) is 47.3 Å². The van der Waals surface area contributed by atoms with Gasteiger partial charge in [-0.3, -0.25) is 9.59 Å². The number of carbonyl (C=O) groups excluding carboxylic acids is 1. The first-order valence-electron chi connectivity index (χ1n) is 11.1. The van der Waals surface area contributed by atoms with Crippen molar-refractivity contribution >= 4 is 28.3 Å².